The molecule has 0 bridgehead atoms. The van der Waals surface area contributed by atoms with Crippen molar-refractivity contribution in [2.24, 2.45) is 0 Å². The van der Waals surface area contributed by atoms with Gasteiger partial charge in [0, 0.05) is 6.61 Å². The van der Waals surface area contributed by atoms with Crippen molar-refractivity contribution in [3.05, 3.63) is 61.6 Å². The summed E-state index contributed by atoms with van der Waals surface area (Å²) in [6.45, 7) is 0.593. The first-order valence-electron chi connectivity index (χ1n) is 7.76. The Bertz CT molecular complexity index is 827. The zero-order valence-corrected chi connectivity index (χ0v) is 16.3. The Morgan fingerprint density at radius 1 is 1.15 bits per heavy atom. The van der Waals surface area contributed by atoms with E-state index in [2.05, 4.69) is 10.3 Å². The molecule has 1 aliphatic heterocycles. The van der Waals surface area contributed by atoms with Crippen LogP contribution in [0.3, 0.4) is 0 Å². The Balaban J connectivity index is 1.92. The molecule has 0 radical (unpaired) electrons. The summed E-state index contributed by atoms with van der Waals surface area (Å²) in [5.41, 5.74) is 0.560. The maximum atomic E-state index is 13.2. The van der Waals surface area contributed by atoms with E-state index in [1.54, 1.807) is 12.1 Å². The van der Waals surface area contributed by atoms with Crippen LogP contribution in [0.4, 0.5) is 4.39 Å². The van der Waals surface area contributed by atoms with Crippen LogP contribution >= 0.6 is 46.4 Å². The smallest absolute Gasteiger partial charge is 0.272 e. The lowest BCUT2D eigenvalue weighted by molar-refractivity contribution is 0.0670. The van der Waals surface area contributed by atoms with E-state index in [-0.39, 0.29) is 37.8 Å². The molecule has 0 aliphatic carbocycles. The lowest BCUT2D eigenvalue weighted by atomic mass is 9.99. The molecule has 26 heavy (non-hydrogen) atoms. The molecule has 2 heterocycles. The average Bonchev–Trinajstić information content (AvgIpc) is 3.16. The van der Waals surface area contributed by atoms with Crippen LogP contribution in [0.25, 0.3) is 0 Å². The van der Waals surface area contributed by atoms with E-state index >= 15 is 0 Å². The number of carbonyl (C=O) groups is 1. The van der Waals surface area contributed by atoms with E-state index in [0.29, 0.717) is 12.2 Å². The van der Waals surface area contributed by atoms with Crippen LogP contribution in [-0.2, 0) is 4.74 Å². The van der Waals surface area contributed by atoms with E-state index in [0.717, 1.165) is 12.8 Å². The monoisotopic (exact) mass is 436 g/mol. The van der Waals surface area contributed by atoms with Crippen LogP contribution in [0, 0.1) is 5.82 Å². The molecule has 2 atom stereocenters. The van der Waals surface area contributed by atoms with Crippen molar-refractivity contribution in [2.45, 2.75) is 25.0 Å². The third kappa shape index (κ3) is 4.07. The first-order chi connectivity index (χ1) is 12.4. The van der Waals surface area contributed by atoms with Gasteiger partial charge in [0.15, 0.2) is 0 Å². The number of hydrogen-bond acceptors (Lipinski definition) is 3. The van der Waals surface area contributed by atoms with Crippen LogP contribution in [0.15, 0.2) is 24.3 Å². The largest absolute Gasteiger partial charge is 0.376 e. The Labute approximate surface area is 169 Å². The Hall–Kier alpha value is -1.11. The number of nitrogens with zero attached hydrogens (tertiary/aromatic N) is 1. The molecule has 3 rings (SSSR count). The van der Waals surface area contributed by atoms with Gasteiger partial charge in [0.25, 0.3) is 5.91 Å². The van der Waals surface area contributed by atoms with E-state index < -0.39 is 11.9 Å². The van der Waals surface area contributed by atoms with Gasteiger partial charge in [-0.2, -0.15) is 0 Å². The predicted molar refractivity (Wildman–Crippen MR) is 99.9 cm³/mol. The first-order valence-corrected chi connectivity index (χ1v) is 9.27. The number of pyridine rings is 1. The Kier molecular flexibility index (Phi) is 6.25. The third-order valence-corrected chi connectivity index (χ3v) is 5.73. The van der Waals surface area contributed by atoms with Crippen molar-refractivity contribution in [3.8, 4) is 0 Å². The van der Waals surface area contributed by atoms with Crippen molar-refractivity contribution >= 4 is 52.3 Å². The average molecular weight is 438 g/mol. The second-order valence-electron chi connectivity index (χ2n) is 5.75. The van der Waals surface area contributed by atoms with Gasteiger partial charge in [-0.1, -0.05) is 58.5 Å². The molecule has 0 unspecified atom stereocenters. The summed E-state index contributed by atoms with van der Waals surface area (Å²) >= 11 is 23.9. The molecule has 1 aromatic carbocycles. The SMILES string of the molecule is O=C(N[C@H](c1ccc(F)cc1)[C@@H]1CCCO1)c1nc(Cl)c(Cl)c(Cl)c1Cl. The maximum Gasteiger partial charge on any atom is 0.272 e. The minimum absolute atomic E-state index is 0.0240. The van der Waals surface area contributed by atoms with Gasteiger partial charge in [0.2, 0.25) is 0 Å². The number of halogens is 5. The lowest BCUT2D eigenvalue weighted by Crippen LogP contribution is -2.36. The fourth-order valence-electron chi connectivity index (χ4n) is 2.77. The van der Waals surface area contributed by atoms with E-state index in [4.69, 9.17) is 51.1 Å². The van der Waals surface area contributed by atoms with Gasteiger partial charge >= 0.3 is 0 Å². The summed E-state index contributed by atoms with van der Waals surface area (Å²) in [6, 6.07) is 5.34. The van der Waals surface area contributed by atoms with Gasteiger partial charge in [0.05, 0.1) is 27.2 Å². The highest BCUT2D eigenvalue weighted by atomic mass is 35.5. The molecule has 1 amide bonds. The highest BCUT2D eigenvalue weighted by Gasteiger charge is 2.30. The number of aromatic nitrogens is 1. The van der Waals surface area contributed by atoms with Gasteiger partial charge < -0.3 is 10.1 Å². The Morgan fingerprint density at radius 3 is 2.46 bits per heavy atom. The number of nitrogens with one attached hydrogen (secondary N) is 1. The maximum absolute atomic E-state index is 13.2. The molecule has 1 aliphatic rings. The molecule has 1 N–H and O–H groups in total. The van der Waals surface area contributed by atoms with Crippen molar-refractivity contribution in [3.63, 3.8) is 0 Å². The van der Waals surface area contributed by atoms with Gasteiger partial charge in [0.1, 0.15) is 16.7 Å². The summed E-state index contributed by atoms with van der Waals surface area (Å²) in [5.74, 6) is -0.951. The van der Waals surface area contributed by atoms with Crippen molar-refractivity contribution in [1.29, 1.82) is 0 Å². The molecule has 138 valence electrons. The summed E-state index contributed by atoms with van der Waals surface area (Å²) in [7, 11) is 0. The van der Waals surface area contributed by atoms with Gasteiger partial charge in [-0.15, -0.1) is 0 Å². The summed E-state index contributed by atoms with van der Waals surface area (Å²) in [5, 5.41) is 2.54. The van der Waals surface area contributed by atoms with Crippen molar-refractivity contribution in [1.82, 2.24) is 10.3 Å². The first kappa shape index (κ1) is 19.6. The summed E-state index contributed by atoms with van der Waals surface area (Å²) in [4.78, 5) is 16.7. The van der Waals surface area contributed by atoms with Gasteiger partial charge in [-0.05, 0) is 30.5 Å². The molecule has 0 saturated carbocycles. The molecule has 9 heteroatoms. The number of amides is 1. The number of ether oxygens (including phenoxy) is 1. The van der Waals surface area contributed by atoms with Crippen LogP contribution < -0.4 is 5.32 Å². The quantitative estimate of drug-likeness (QED) is 0.644. The fourth-order valence-corrected chi connectivity index (χ4v) is 3.59. The Morgan fingerprint density at radius 2 is 1.85 bits per heavy atom. The van der Waals surface area contributed by atoms with E-state index in [9.17, 15) is 9.18 Å². The normalized spacial score (nSPS) is 18.0. The van der Waals surface area contributed by atoms with E-state index in [1.165, 1.54) is 12.1 Å². The lowest BCUT2D eigenvalue weighted by Gasteiger charge is -2.25. The number of hydrogen-bond donors (Lipinski definition) is 1. The zero-order chi connectivity index (χ0) is 18.8. The van der Waals surface area contributed by atoms with Crippen molar-refractivity contribution < 1.29 is 13.9 Å². The fraction of sp³-hybridized carbons (Fsp3) is 0.294. The van der Waals surface area contributed by atoms with Gasteiger partial charge in [-0.3, -0.25) is 4.79 Å². The molecular weight excluding hydrogens is 425 g/mol. The molecule has 1 fully saturated rings. The number of carbonyl (C=O) groups excluding carboxylic acids is 1. The van der Waals surface area contributed by atoms with Crippen LogP contribution in [0.1, 0.15) is 34.9 Å². The highest BCUT2D eigenvalue weighted by molar-refractivity contribution is 6.52. The molecule has 2 aromatic rings. The minimum atomic E-state index is -0.583. The highest BCUT2D eigenvalue weighted by Crippen LogP contribution is 2.36. The number of rotatable bonds is 4. The summed E-state index contributed by atoms with van der Waals surface area (Å²) < 4.78 is 18.9. The number of benzene rings is 1. The third-order valence-electron chi connectivity index (χ3n) is 4.05. The molecule has 4 nitrogen and oxygen atoms in total. The second-order valence-corrected chi connectivity index (χ2v) is 7.24. The summed E-state index contributed by atoms with van der Waals surface area (Å²) in [6.07, 6.45) is 1.38. The predicted octanol–water partition coefficient (Wildman–Crippen LogP) is 5.48. The zero-order valence-electron chi connectivity index (χ0n) is 13.2. The molecule has 0 spiro atoms. The topological polar surface area (TPSA) is 51.2 Å². The molecule has 1 aromatic heterocycles. The van der Waals surface area contributed by atoms with E-state index in [1.807, 2.05) is 0 Å². The van der Waals surface area contributed by atoms with Crippen LogP contribution in [0.5, 0.6) is 0 Å². The van der Waals surface area contributed by atoms with Crippen molar-refractivity contribution in [2.75, 3.05) is 6.61 Å². The molecular formula is C17H13Cl4FN2O2. The minimum Gasteiger partial charge on any atom is -0.376 e. The second kappa shape index (κ2) is 8.28. The van der Waals surface area contributed by atoms with Crippen LogP contribution in [-0.4, -0.2) is 23.6 Å². The van der Waals surface area contributed by atoms with Gasteiger partial charge in [-0.25, -0.2) is 9.37 Å². The van der Waals surface area contributed by atoms with Crippen LogP contribution in [0.2, 0.25) is 20.2 Å². The standard InChI is InChI=1S/C17H13Cl4FN2O2/c18-11-12(19)15(23-16(21)13(11)20)17(25)24-14(10-2-1-7-26-10)8-3-5-9(22)6-4-8/h3-6,10,14H,1-2,7H2,(H,24,25)/t10-,14+/m0/s1. The molecule has 1 saturated heterocycles.